The van der Waals surface area contributed by atoms with Crippen LogP contribution in [0.4, 0.5) is 0 Å². The molecule has 32 heavy (non-hydrogen) atoms. The van der Waals surface area contributed by atoms with E-state index in [1.807, 2.05) is 42.5 Å². The van der Waals surface area contributed by atoms with Crippen molar-refractivity contribution in [3.63, 3.8) is 0 Å². The number of carboxylic acids is 1. The fraction of sp³-hybridized carbons (Fsp3) is 0.320. The number of aliphatic carboxylic acids is 1. The Morgan fingerprint density at radius 2 is 1.91 bits per heavy atom. The lowest BCUT2D eigenvalue weighted by Gasteiger charge is -2.36. The van der Waals surface area contributed by atoms with Crippen molar-refractivity contribution in [1.29, 1.82) is 0 Å². The lowest BCUT2D eigenvalue weighted by molar-refractivity contribution is -0.147. The van der Waals surface area contributed by atoms with Crippen LogP contribution in [0.2, 0.25) is 0 Å². The second-order valence-electron chi connectivity index (χ2n) is 8.55. The summed E-state index contributed by atoms with van der Waals surface area (Å²) in [7, 11) is 0. The Labute approximate surface area is 186 Å². The Balaban J connectivity index is 1.24. The van der Waals surface area contributed by atoms with Gasteiger partial charge in [-0.05, 0) is 36.0 Å². The lowest BCUT2D eigenvalue weighted by atomic mass is 9.88. The van der Waals surface area contributed by atoms with Gasteiger partial charge < -0.3 is 14.9 Å². The number of carbonyl (C=O) groups excluding carboxylic acids is 1. The maximum Gasteiger partial charge on any atom is 0.309 e. The average molecular weight is 431 g/mol. The van der Waals surface area contributed by atoms with Gasteiger partial charge in [0.2, 0.25) is 0 Å². The molecule has 7 nitrogen and oxygen atoms in total. The first kappa shape index (κ1) is 20.5. The van der Waals surface area contributed by atoms with Gasteiger partial charge in [0, 0.05) is 37.3 Å². The fourth-order valence-corrected chi connectivity index (χ4v) is 4.53. The van der Waals surface area contributed by atoms with Gasteiger partial charge in [0.15, 0.2) is 11.5 Å². The van der Waals surface area contributed by atoms with Gasteiger partial charge in [-0.25, -0.2) is 0 Å². The molecule has 1 aromatic heterocycles. The smallest absolute Gasteiger partial charge is 0.309 e. The molecule has 0 radical (unpaired) electrons. The molecule has 1 fully saturated rings. The van der Waals surface area contributed by atoms with Crippen LogP contribution in [0.25, 0.3) is 11.3 Å². The largest absolute Gasteiger partial charge is 0.481 e. The number of rotatable bonds is 7. The van der Waals surface area contributed by atoms with E-state index in [-0.39, 0.29) is 11.8 Å². The third-order valence-electron chi connectivity index (χ3n) is 6.32. The quantitative estimate of drug-likeness (QED) is 0.597. The van der Waals surface area contributed by atoms with Gasteiger partial charge in [0.05, 0.1) is 5.92 Å². The Bertz CT molecular complexity index is 1150. The van der Waals surface area contributed by atoms with Crippen LogP contribution in [-0.2, 0) is 30.6 Å². The SMILES string of the molecule is O=C(NCCc1ccccc1)c1noc2c1CCc1cc(CN3CC(C(=O)O)C3)ccc1-2. The van der Waals surface area contributed by atoms with Crippen molar-refractivity contribution in [1.82, 2.24) is 15.4 Å². The van der Waals surface area contributed by atoms with Crippen LogP contribution in [-0.4, -0.2) is 46.7 Å². The van der Waals surface area contributed by atoms with Gasteiger partial charge in [0.25, 0.3) is 5.91 Å². The number of nitrogens with zero attached hydrogens (tertiary/aromatic N) is 2. The summed E-state index contributed by atoms with van der Waals surface area (Å²) in [4.78, 5) is 25.8. The van der Waals surface area contributed by atoms with Gasteiger partial charge in [-0.15, -0.1) is 0 Å². The molecule has 7 heteroatoms. The third-order valence-corrected chi connectivity index (χ3v) is 6.32. The molecular formula is C25H25N3O4. The fourth-order valence-electron chi connectivity index (χ4n) is 4.53. The van der Waals surface area contributed by atoms with Crippen LogP contribution in [0.1, 0.15) is 32.7 Å². The van der Waals surface area contributed by atoms with E-state index in [0.29, 0.717) is 37.5 Å². The van der Waals surface area contributed by atoms with Crippen LogP contribution in [0, 0.1) is 5.92 Å². The molecule has 5 rings (SSSR count). The van der Waals surface area contributed by atoms with Crippen molar-refractivity contribution < 1.29 is 19.2 Å². The molecule has 2 heterocycles. The van der Waals surface area contributed by atoms with E-state index in [0.717, 1.165) is 36.1 Å². The lowest BCUT2D eigenvalue weighted by Crippen LogP contribution is -2.49. The number of hydrogen-bond acceptors (Lipinski definition) is 5. The first-order chi connectivity index (χ1) is 15.6. The van der Waals surface area contributed by atoms with Gasteiger partial charge in [-0.1, -0.05) is 53.7 Å². The van der Waals surface area contributed by atoms with Crippen molar-refractivity contribution in [2.75, 3.05) is 19.6 Å². The normalized spacial score (nSPS) is 15.5. The number of carboxylic acid groups (broad SMARTS) is 1. The molecule has 2 N–H and O–H groups in total. The summed E-state index contributed by atoms with van der Waals surface area (Å²) in [5.41, 5.74) is 5.75. The Kier molecular flexibility index (Phi) is 5.49. The number of aryl methyl sites for hydroxylation is 1. The number of carbonyl (C=O) groups is 2. The van der Waals surface area contributed by atoms with E-state index in [2.05, 4.69) is 21.4 Å². The minimum Gasteiger partial charge on any atom is -0.481 e. The monoisotopic (exact) mass is 431 g/mol. The number of hydrogen-bond donors (Lipinski definition) is 2. The zero-order chi connectivity index (χ0) is 22.1. The summed E-state index contributed by atoms with van der Waals surface area (Å²) in [6, 6.07) is 16.3. The van der Waals surface area contributed by atoms with Crippen molar-refractivity contribution in [3.05, 3.63) is 76.5 Å². The van der Waals surface area contributed by atoms with Crippen molar-refractivity contribution in [3.8, 4) is 11.3 Å². The molecule has 0 spiro atoms. The number of aromatic nitrogens is 1. The van der Waals surface area contributed by atoms with E-state index < -0.39 is 5.97 Å². The van der Waals surface area contributed by atoms with Crippen LogP contribution in [0.15, 0.2) is 53.1 Å². The first-order valence-electron chi connectivity index (χ1n) is 11.0. The highest BCUT2D eigenvalue weighted by molar-refractivity contribution is 5.95. The predicted octanol–water partition coefficient (Wildman–Crippen LogP) is 2.93. The maximum absolute atomic E-state index is 12.7. The molecule has 1 aliphatic heterocycles. The number of amides is 1. The summed E-state index contributed by atoms with van der Waals surface area (Å²) in [6.45, 7) is 2.49. The van der Waals surface area contributed by atoms with E-state index in [9.17, 15) is 9.59 Å². The minimum atomic E-state index is -0.718. The van der Waals surface area contributed by atoms with Crippen LogP contribution in [0.3, 0.4) is 0 Å². The molecule has 1 saturated heterocycles. The molecule has 164 valence electrons. The molecular weight excluding hydrogens is 406 g/mol. The Hall–Kier alpha value is -3.45. The van der Waals surface area contributed by atoms with Gasteiger partial charge in [0.1, 0.15) is 0 Å². The highest BCUT2D eigenvalue weighted by Gasteiger charge is 2.32. The zero-order valence-electron chi connectivity index (χ0n) is 17.7. The average Bonchev–Trinajstić information content (AvgIpc) is 3.21. The number of likely N-dealkylation sites (tertiary alicyclic amines) is 1. The van der Waals surface area contributed by atoms with Gasteiger partial charge in [-0.2, -0.15) is 0 Å². The highest BCUT2D eigenvalue weighted by Crippen LogP contribution is 2.36. The highest BCUT2D eigenvalue weighted by atomic mass is 16.5. The van der Waals surface area contributed by atoms with E-state index in [1.165, 1.54) is 11.1 Å². The third kappa shape index (κ3) is 4.03. The molecule has 0 unspecified atom stereocenters. The molecule has 0 bridgehead atoms. The van der Waals surface area contributed by atoms with Gasteiger partial charge in [-0.3, -0.25) is 14.5 Å². The molecule has 1 aliphatic carbocycles. The standard InChI is InChI=1S/C25H25N3O4/c29-24(26-11-10-16-4-2-1-3-5-16)22-21-9-7-18-12-17(6-8-20(18)23(21)32-27-22)13-28-14-19(15-28)25(30)31/h1-6,8,12,19H,7,9-11,13-15H2,(H,26,29)(H,30,31). The molecule has 3 aromatic rings. The number of fused-ring (bicyclic) bond motifs is 3. The summed E-state index contributed by atoms with van der Waals surface area (Å²) in [6.07, 6.45) is 2.30. The summed E-state index contributed by atoms with van der Waals surface area (Å²) < 4.78 is 5.61. The topological polar surface area (TPSA) is 95.7 Å². The summed E-state index contributed by atoms with van der Waals surface area (Å²) in [5, 5.41) is 16.1. The molecule has 2 aromatic carbocycles. The number of nitrogens with one attached hydrogen (secondary N) is 1. The Morgan fingerprint density at radius 1 is 1.09 bits per heavy atom. The Morgan fingerprint density at radius 3 is 2.69 bits per heavy atom. The van der Waals surface area contributed by atoms with Crippen molar-refractivity contribution in [2.45, 2.75) is 25.8 Å². The minimum absolute atomic E-state index is 0.197. The van der Waals surface area contributed by atoms with Crippen LogP contribution >= 0.6 is 0 Å². The summed E-state index contributed by atoms with van der Waals surface area (Å²) >= 11 is 0. The van der Waals surface area contributed by atoms with Gasteiger partial charge >= 0.3 is 5.97 Å². The van der Waals surface area contributed by atoms with Crippen molar-refractivity contribution >= 4 is 11.9 Å². The molecule has 1 amide bonds. The van der Waals surface area contributed by atoms with E-state index >= 15 is 0 Å². The molecule has 0 saturated carbocycles. The number of benzene rings is 2. The van der Waals surface area contributed by atoms with Crippen LogP contribution < -0.4 is 5.32 Å². The zero-order valence-corrected chi connectivity index (χ0v) is 17.7. The predicted molar refractivity (Wildman–Crippen MR) is 118 cm³/mol. The van der Waals surface area contributed by atoms with E-state index in [1.54, 1.807) is 0 Å². The van der Waals surface area contributed by atoms with Crippen LogP contribution in [0.5, 0.6) is 0 Å². The molecule has 0 atom stereocenters. The second kappa shape index (κ2) is 8.59. The maximum atomic E-state index is 12.7. The van der Waals surface area contributed by atoms with Crippen molar-refractivity contribution in [2.24, 2.45) is 5.92 Å². The first-order valence-corrected chi connectivity index (χ1v) is 11.0. The molecule has 2 aliphatic rings. The second-order valence-corrected chi connectivity index (χ2v) is 8.55. The summed E-state index contributed by atoms with van der Waals surface area (Å²) in [5.74, 6) is -0.483. The van der Waals surface area contributed by atoms with E-state index in [4.69, 9.17) is 9.63 Å².